The van der Waals surface area contributed by atoms with E-state index in [2.05, 4.69) is 23.8 Å². The second kappa shape index (κ2) is 8.13. The third-order valence-corrected chi connectivity index (χ3v) is 5.63. The van der Waals surface area contributed by atoms with E-state index in [1.165, 1.54) is 23.6 Å². The first-order chi connectivity index (χ1) is 12.2. The third kappa shape index (κ3) is 3.78. The smallest absolute Gasteiger partial charge is 0.274 e. The van der Waals surface area contributed by atoms with Gasteiger partial charge < -0.3 is 4.90 Å². The van der Waals surface area contributed by atoms with Crippen molar-refractivity contribution in [2.24, 2.45) is 0 Å². The molecule has 6 heteroatoms. The molecule has 25 heavy (non-hydrogen) atoms. The summed E-state index contributed by atoms with van der Waals surface area (Å²) in [7, 11) is 0. The lowest BCUT2D eigenvalue weighted by molar-refractivity contribution is 0.0641. The SMILES string of the molecule is CCCCn1nc(C(=O)N2CCC[C@@H]2[C@@H]2CCCN2CC)ccc1=O. The van der Waals surface area contributed by atoms with Crippen LogP contribution in [-0.2, 0) is 6.54 Å². The summed E-state index contributed by atoms with van der Waals surface area (Å²) in [5.74, 6) is -0.0179. The van der Waals surface area contributed by atoms with E-state index in [-0.39, 0.29) is 17.5 Å². The number of carbonyl (C=O) groups excluding carboxylic acids is 1. The molecule has 2 aliphatic heterocycles. The number of hydrogen-bond donors (Lipinski definition) is 0. The normalized spacial score (nSPS) is 24.2. The first kappa shape index (κ1) is 18.1. The van der Waals surface area contributed by atoms with Crippen molar-refractivity contribution in [3.05, 3.63) is 28.2 Å². The van der Waals surface area contributed by atoms with Gasteiger partial charge in [0.1, 0.15) is 5.69 Å². The Morgan fingerprint density at radius 2 is 1.92 bits per heavy atom. The quantitative estimate of drug-likeness (QED) is 0.792. The number of amides is 1. The molecule has 138 valence electrons. The van der Waals surface area contributed by atoms with Crippen LogP contribution in [0.2, 0.25) is 0 Å². The van der Waals surface area contributed by atoms with Crippen LogP contribution in [0, 0.1) is 0 Å². The van der Waals surface area contributed by atoms with E-state index >= 15 is 0 Å². The maximum absolute atomic E-state index is 13.1. The molecule has 1 aromatic rings. The van der Waals surface area contributed by atoms with Gasteiger partial charge in [-0.3, -0.25) is 14.5 Å². The Labute approximate surface area is 149 Å². The Balaban J connectivity index is 1.78. The molecule has 1 aromatic heterocycles. The lowest BCUT2D eigenvalue weighted by Crippen LogP contribution is -2.48. The molecule has 6 nitrogen and oxygen atoms in total. The zero-order chi connectivity index (χ0) is 17.8. The molecule has 1 amide bonds. The van der Waals surface area contributed by atoms with Crippen molar-refractivity contribution in [1.29, 1.82) is 0 Å². The maximum atomic E-state index is 13.1. The average molecular weight is 346 g/mol. The van der Waals surface area contributed by atoms with Crippen LogP contribution in [-0.4, -0.2) is 57.2 Å². The molecule has 2 aliphatic rings. The number of rotatable bonds is 6. The predicted molar refractivity (Wildman–Crippen MR) is 97.7 cm³/mol. The van der Waals surface area contributed by atoms with E-state index < -0.39 is 0 Å². The standard InChI is InChI=1S/C19H30N4O2/c1-3-5-14-23-18(24)11-10-15(20-23)19(25)22-13-7-9-17(22)16-8-6-12-21(16)4-2/h10-11,16-17H,3-9,12-14H2,1-2H3/t16-,17+/m0/s1. The summed E-state index contributed by atoms with van der Waals surface area (Å²) in [6, 6.07) is 3.83. The number of unbranched alkanes of at least 4 members (excludes halogenated alkanes) is 1. The lowest BCUT2D eigenvalue weighted by Gasteiger charge is -2.34. The molecule has 0 bridgehead atoms. The van der Waals surface area contributed by atoms with Gasteiger partial charge in [-0.1, -0.05) is 20.3 Å². The molecule has 2 saturated heterocycles. The highest BCUT2D eigenvalue weighted by molar-refractivity contribution is 5.92. The Hall–Kier alpha value is -1.69. The molecule has 2 fully saturated rings. The Morgan fingerprint density at radius 1 is 1.16 bits per heavy atom. The zero-order valence-electron chi connectivity index (χ0n) is 15.5. The van der Waals surface area contributed by atoms with Gasteiger partial charge >= 0.3 is 0 Å². The van der Waals surface area contributed by atoms with Gasteiger partial charge in [-0.05, 0) is 51.3 Å². The van der Waals surface area contributed by atoms with Gasteiger partial charge in [0.2, 0.25) is 0 Å². The number of aryl methyl sites for hydroxylation is 1. The van der Waals surface area contributed by atoms with Crippen molar-refractivity contribution in [2.45, 2.75) is 71.0 Å². The fourth-order valence-electron chi connectivity index (χ4n) is 4.30. The number of likely N-dealkylation sites (tertiary alicyclic amines) is 2. The Kier molecular flexibility index (Phi) is 5.89. The molecule has 0 aliphatic carbocycles. The van der Waals surface area contributed by atoms with E-state index in [0.29, 0.717) is 18.3 Å². The van der Waals surface area contributed by atoms with Crippen LogP contribution >= 0.6 is 0 Å². The van der Waals surface area contributed by atoms with Gasteiger partial charge in [-0.15, -0.1) is 0 Å². The highest BCUT2D eigenvalue weighted by Gasteiger charge is 2.39. The van der Waals surface area contributed by atoms with Crippen LogP contribution in [0.5, 0.6) is 0 Å². The van der Waals surface area contributed by atoms with Crippen LogP contribution in [0.1, 0.15) is 62.9 Å². The monoisotopic (exact) mass is 346 g/mol. The summed E-state index contributed by atoms with van der Waals surface area (Å²) in [5, 5.41) is 4.35. The highest BCUT2D eigenvalue weighted by Crippen LogP contribution is 2.30. The molecular weight excluding hydrogens is 316 g/mol. The van der Waals surface area contributed by atoms with Gasteiger partial charge in [-0.2, -0.15) is 5.10 Å². The molecule has 3 rings (SSSR count). The van der Waals surface area contributed by atoms with Gasteiger partial charge in [-0.25, -0.2) is 4.68 Å². The summed E-state index contributed by atoms with van der Waals surface area (Å²) in [6.07, 6.45) is 6.41. The summed E-state index contributed by atoms with van der Waals surface area (Å²) in [4.78, 5) is 29.5. The molecule has 0 radical (unpaired) electrons. The number of nitrogens with zero attached hydrogens (tertiary/aromatic N) is 4. The van der Waals surface area contributed by atoms with Crippen molar-refractivity contribution >= 4 is 5.91 Å². The molecule has 0 saturated carbocycles. The van der Waals surface area contributed by atoms with Crippen molar-refractivity contribution in [3.63, 3.8) is 0 Å². The third-order valence-electron chi connectivity index (χ3n) is 5.63. The van der Waals surface area contributed by atoms with Gasteiger partial charge in [0.15, 0.2) is 0 Å². The van der Waals surface area contributed by atoms with Crippen molar-refractivity contribution < 1.29 is 4.79 Å². The van der Waals surface area contributed by atoms with E-state index in [4.69, 9.17) is 0 Å². The van der Waals surface area contributed by atoms with Crippen molar-refractivity contribution in [1.82, 2.24) is 19.6 Å². The highest BCUT2D eigenvalue weighted by atomic mass is 16.2. The Morgan fingerprint density at radius 3 is 2.68 bits per heavy atom. The predicted octanol–water partition coefficient (Wildman–Crippen LogP) is 2.13. The van der Waals surface area contributed by atoms with E-state index in [9.17, 15) is 9.59 Å². The van der Waals surface area contributed by atoms with Gasteiger partial charge in [0.25, 0.3) is 11.5 Å². The van der Waals surface area contributed by atoms with Crippen LogP contribution in [0.25, 0.3) is 0 Å². The number of likely N-dealkylation sites (N-methyl/N-ethyl adjacent to an activating group) is 1. The van der Waals surface area contributed by atoms with Gasteiger partial charge in [0.05, 0.1) is 0 Å². The average Bonchev–Trinajstić information content (AvgIpc) is 3.28. The van der Waals surface area contributed by atoms with Crippen molar-refractivity contribution in [3.8, 4) is 0 Å². The van der Waals surface area contributed by atoms with Crippen LogP contribution in [0.15, 0.2) is 16.9 Å². The zero-order valence-corrected chi connectivity index (χ0v) is 15.5. The number of carbonyl (C=O) groups is 1. The van der Waals surface area contributed by atoms with Gasteiger partial charge in [0, 0.05) is 31.2 Å². The minimum absolute atomic E-state index is 0.0179. The first-order valence-electron chi connectivity index (χ1n) is 9.79. The largest absolute Gasteiger partial charge is 0.333 e. The minimum atomic E-state index is -0.129. The summed E-state index contributed by atoms with van der Waals surface area (Å²) in [6.45, 7) is 7.84. The fourth-order valence-corrected chi connectivity index (χ4v) is 4.30. The van der Waals surface area contributed by atoms with Crippen LogP contribution in [0.3, 0.4) is 0 Å². The van der Waals surface area contributed by atoms with E-state index in [1.807, 2.05) is 4.90 Å². The molecule has 0 aromatic carbocycles. The maximum Gasteiger partial charge on any atom is 0.274 e. The topological polar surface area (TPSA) is 58.4 Å². The second-order valence-electron chi connectivity index (χ2n) is 7.18. The van der Waals surface area contributed by atoms with E-state index in [0.717, 1.165) is 45.3 Å². The summed E-state index contributed by atoms with van der Waals surface area (Å²) >= 11 is 0. The first-order valence-corrected chi connectivity index (χ1v) is 9.79. The molecule has 2 atom stereocenters. The Bertz CT molecular complexity index is 657. The second-order valence-corrected chi connectivity index (χ2v) is 7.18. The summed E-state index contributed by atoms with van der Waals surface area (Å²) in [5.41, 5.74) is 0.277. The summed E-state index contributed by atoms with van der Waals surface area (Å²) < 4.78 is 1.44. The van der Waals surface area contributed by atoms with E-state index in [1.54, 1.807) is 6.07 Å². The molecular formula is C19H30N4O2. The molecule has 0 N–H and O–H groups in total. The van der Waals surface area contributed by atoms with Crippen LogP contribution < -0.4 is 5.56 Å². The fraction of sp³-hybridized carbons (Fsp3) is 0.737. The number of aromatic nitrogens is 2. The molecule has 3 heterocycles. The van der Waals surface area contributed by atoms with Crippen LogP contribution in [0.4, 0.5) is 0 Å². The molecule has 0 unspecified atom stereocenters. The minimum Gasteiger partial charge on any atom is -0.333 e. The van der Waals surface area contributed by atoms with Crippen molar-refractivity contribution in [2.75, 3.05) is 19.6 Å². The molecule has 0 spiro atoms. The number of hydrogen-bond acceptors (Lipinski definition) is 4. The lowest BCUT2D eigenvalue weighted by atomic mass is 10.0.